The zero-order valence-electron chi connectivity index (χ0n) is 14.4. The van der Waals surface area contributed by atoms with E-state index >= 15 is 0 Å². The second-order valence-corrected chi connectivity index (χ2v) is 7.29. The lowest BCUT2D eigenvalue weighted by Crippen LogP contribution is -2.64. The van der Waals surface area contributed by atoms with Crippen LogP contribution in [0.5, 0.6) is 0 Å². The van der Waals surface area contributed by atoms with Crippen LogP contribution >= 0.6 is 0 Å². The number of aryl methyl sites for hydroxylation is 1. The molecule has 2 N–H and O–H groups in total. The Morgan fingerprint density at radius 3 is 2.96 bits per heavy atom. The maximum Gasteiger partial charge on any atom is 0.315 e. The number of carbonyl (C=O) groups excluding carboxylic acids is 1. The topological polar surface area (TPSA) is 81.1 Å². The number of hydrogen-bond donors (Lipinski definition) is 2. The Hall–Kier alpha value is -1.63. The molecule has 2 heterocycles. The molecule has 24 heavy (non-hydrogen) atoms. The quantitative estimate of drug-likeness (QED) is 0.860. The third-order valence-corrected chi connectivity index (χ3v) is 6.09. The molecule has 1 aromatic rings. The van der Waals surface area contributed by atoms with Gasteiger partial charge in [0.25, 0.3) is 0 Å². The highest BCUT2D eigenvalue weighted by Crippen LogP contribution is 2.54. The first-order valence-corrected chi connectivity index (χ1v) is 9.30. The molecule has 7 heteroatoms. The number of urea groups is 1. The maximum absolute atomic E-state index is 12.3. The van der Waals surface area contributed by atoms with E-state index in [1.165, 1.54) is 25.7 Å². The minimum absolute atomic E-state index is 0.100. The van der Waals surface area contributed by atoms with Gasteiger partial charge in [-0.25, -0.2) is 4.79 Å². The lowest BCUT2D eigenvalue weighted by atomic mass is 9.60. The SMILES string of the molecule is CCO[C@@H]1C[C@H](NC(=O)NCc2nnc3n2CCC3)C12CCCC2. The van der Waals surface area contributed by atoms with Crippen LogP contribution in [0, 0.1) is 5.41 Å². The second kappa shape index (κ2) is 6.35. The summed E-state index contributed by atoms with van der Waals surface area (Å²) < 4.78 is 8.02. The van der Waals surface area contributed by atoms with Gasteiger partial charge in [0.2, 0.25) is 0 Å². The normalized spacial score (nSPS) is 27.0. The van der Waals surface area contributed by atoms with Crippen molar-refractivity contribution in [3.63, 3.8) is 0 Å². The number of amides is 2. The molecule has 2 saturated carbocycles. The van der Waals surface area contributed by atoms with Crippen LogP contribution in [0.25, 0.3) is 0 Å². The zero-order valence-corrected chi connectivity index (χ0v) is 14.4. The third kappa shape index (κ3) is 2.59. The van der Waals surface area contributed by atoms with Crippen LogP contribution < -0.4 is 10.6 Å². The van der Waals surface area contributed by atoms with Gasteiger partial charge in [-0.1, -0.05) is 12.8 Å². The van der Waals surface area contributed by atoms with Crippen LogP contribution in [0.4, 0.5) is 4.79 Å². The molecule has 0 unspecified atom stereocenters. The van der Waals surface area contributed by atoms with Gasteiger partial charge in [0.15, 0.2) is 5.82 Å². The van der Waals surface area contributed by atoms with Gasteiger partial charge in [0.1, 0.15) is 5.82 Å². The Morgan fingerprint density at radius 2 is 2.17 bits per heavy atom. The molecule has 2 aliphatic carbocycles. The second-order valence-electron chi connectivity index (χ2n) is 7.29. The van der Waals surface area contributed by atoms with E-state index in [0.29, 0.717) is 12.6 Å². The van der Waals surface area contributed by atoms with E-state index in [9.17, 15) is 4.79 Å². The Labute approximate surface area is 142 Å². The Balaban J connectivity index is 1.31. The van der Waals surface area contributed by atoms with Crippen molar-refractivity contribution in [2.75, 3.05) is 6.61 Å². The summed E-state index contributed by atoms with van der Waals surface area (Å²) in [4.78, 5) is 12.3. The summed E-state index contributed by atoms with van der Waals surface area (Å²) >= 11 is 0. The van der Waals surface area contributed by atoms with Crippen molar-refractivity contribution in [2.45, 2.75) is 77.1 Å². The molecule has 1 spiro atoms. The summed E-state index contributed by atoms with van der Waals surface area (Å²) in [6.07, 6.45) is 8.18. The summed E-state index contributed by atoms with van der Waals surface area (Å²) in [6.45, 7) is 4.20. The van der Waals surface area contributed by atoms with Crippen LogP contribution in [-0.2, 0) is 24.2 Å². The molecule has 7 nitrogen and oxygen atoms in total. The highest BCUT2D eigenvalue weighted by molar-refractivity contribution is 5.74. The number of aromatic nitrogens is 3. The fourth-order valence-corrected chi connectivity index (χ4v) is 4.80. The minimum atomic E-state index is -0.100. The summed E-state index contributed by atoms with van der Waals surface area (Å²) in [5, 5.41) is 14.5. The fourth-order valence-electron chi connectivity index (χ4n) is 4.80. The number of fused-ring (bicyclic) bond motifs is 1. The monoisotopic (exact) mass is 333 g/mol. The number of nitrogens with one attached hydrogen (secondary N) is 2. The number of hydrogen-bond acceptors (Lipinski definition) is 4. The van der Waals surface area contributed by atoms with Crippen molar-refractivity contribution in [3.05, 3.63) is 11.6 Å². The Bertz CT molecular complexity index is 608. The van der Waals surface area contributed by atoms with Crippen LogP contribution in [-0.4, -0.2) is 39.5 Å². The van der Waals surface area contributed by atoms with Crippen molar-refractivity contribution in [1.29, 1.82) is 0 Å². The summed E-state index contributed by atoms with van der Waals surface area (Å²) in [5.74, 6) is 1.89. The molecule has 4 rings (SSSR count). The van der Waals surface area contributed by atoms with Crippen molar-refractivity contribution >= 4 is 6.03 Å². The van der Waals surface area contributed by atoms with Crippen LogP contribution in [0.3, 0.4) is 0 Å². The molecule has 0 bridgehead atoms. The van der Waals surface area contributed by atoms with Gasteiger partial charge in [0, 0.05) is 31.0 Å². The molecule has 2 fully saturated rings. The van der Waals surface area contributed by atoms with E-state index in [1.54, 1.807) is 0 Å². The van der Waals surface area contributed by atoms with Crippen LogP contribution in [0.1, 0.15) is 57.1 Å². The van der Waals surface area contributed by atoms with Gasteiger partial charge >= 0.3 is 6.03 Å². The largest absolute Gasteiger partial charge is 0.378 e. The molecule has 1 aliphatic heterocycles. The smallest absolute Gasteiger partial charge is 0.315 e. The number of rotatable bonds is 5. The number of carbonyl (C=O) groups is 1. The Kier molecular flexibility index (Phi) is 4.20. The molecule has 3 aliphatic rings. The van der Waals surface area contributed by atoms with E-state index < -0.39 is 0 Å². The van der Waals surface area contributed by atoms with E-state index in [4.69, 9.17) is 4.74 Å². The van der Waals surface area contributed by atoms with Crippen LogP contribution in [0.2, 0.25) is 0 Å². The van der Waals surface area contributed by atoms with Gasteiger partial charge in [-0.15, -0.1) is 10.2 Å². The van der Waals surface area contributed by atoms with Gasteiger partial charge in [-0.05, 0) is 32.6 Å². The zero-order chi connectivity index (χ0) is 16.6. The molecule has 0 radical (unpaired) electrons. The summed E-state index contributed by atoms with van der Waals surface area (Å²) in [5.41, 5.74) is 0.170. The molecule has 2 atom stereocenters. The van der Waals surface area contributed by atoms with Crippen LogP contribution in [0.15, 0.2) is 0 Å². The average Bonchev–Trinajstić information content (AvgIpc) is 3.29. The van der Waals surface area contributed by atoms with E-state index in [1.807, 2.05) is 6.92 Å². The predicted octanol–water partition coefficient (Wildman–Crippen LogP) is 1.76. The third-order valence-electron chi connectivity index (χ3n) is 6.09. The maximum atomic E-state index is 12.3. The molecule has 132 valence electrons. The van der Waals surface area contributed by atoms with Crippen molar-refractivity contribution in [2.24, 2.45) is 5.41 Å². The highest BCUT2D eigenvalue weighted by Gasteiger charge is 2.57. The minimum Gasteiger partial charge on any atom is -0.378 e. The number of ether oxygens (including phenoxy) is 1. The average molecular weight is 333 g/mol. The molecule has 1 aromatic heterocycles. The molecule has 0 aromatic carbocycles. The van der Waals surface area contributed by atoms with Gasteiger partial charge < -0.3 is 19.9 Å². The predicted molar refractivity (Wildman–Crippen MR) is 88.4 cm³/mol. The lowest BCUT2D eigenvalue weighted by Gasteiger charge is -2.53. The molecule has 0 saturated heterocycles. The number of nitrogens with zero attached hydrogens (tertiary/aromatic N) is 3. The van der Waals surface area contributed by atoms with E-state index in [-0.39, 0.29) is 17.5 Å². The highest BCUT2D eigenvalue weighted by atomic mass is 16.5. The first-order chi connectivity index (χ1) is 11.7. The summed E-state index contributed by atoms with van der Waals surface area (Å²) in [6, 6.07) is 0.136. The lowest BCUT2D eigenvalue weighted by molar-refractivity contribution is -0.126. The standard InChI is InChI=1S/C17H27N5O2/c1-2-24-13-10-12(17(13)7-3-4-8-17)19-16(23)18-11-15-21-20-14-6-5-9-22(14)15/h12-13H,2-11H2,1H3,(H2,18,19,23)/t12-,13+/m0/s1. The van der Waals surface area contributed by atoms with Gasteiger partial charge in [0.05, 0.1) is 12.6 Å². The molecule has 2 amide bonds. The Morgan fingerprint density at radius 1 is 1.33 bits per heavy atom. The van der Waals surface area contributed by atoms with Crippen molar-refractivity contribution < 1.29 is 9.53 Å². The summed E-state index contributed by atoms with van der Waals surface area (Å²) in [7, 11) is 0. The molecular weight excluding hydrogens is 306 g/mol. The van der Waals surface area contributed by atoms with Gasteiger partial charge in [-0.3, -0.25) is 0 Å². The van der Waals surface area contributed by atoms with Gasteiger partial charge in [-0.2, -0.15) is 0 Å². The first-order valence-electron chi connectivity index (χ1n) is 9.30. The molecular formula is C17H27N5O2. The van der Waals surface area contributed by atoms with E-state index in [2.05, 4.69) is 25.4 Å². The first kappa shape index (κ1) is 15.9. The van der Waals surface area contributed by atoms with Crippen molar-refractivity contribution in [3.8, 4) is 0 Å². The van der Waals surface area contributed by atoms with Crippen molar-refractivity contribution in [1.82, 2.24) is 25.4 Å². The van der Waals surface area contributed by atoms with E-state index in [0.717, 1.165) is 44.1 Å². The fraction of sp³-hybridized carbons (Fsp3) is 0.824.